The average Bonchev–Trinajstić information content (AvgIpc) is 2.80. The first-order valence-corrected chi connectivity index (χ1v) is 10.00. The zero-order valence-electron chi connectivity index (χ0n) is 16.9. The molecule has 5 aromatic rings. The minimum Gasteiger partial charge on any atom is -0.321 e. The molecule has 0 saturated carbocycles. The second-order valence-electron chi connectivity index (χ2n) is 7.34. The van der Waals surface area contributed by atoms with Gasteiger partial charge < -0.3 is 5.32 Å². The number of nitrogens with zero attached hydrogens (tertiary/aromatic N) is 2. The van der Waals surface area contributed by atoms with Crippen molar-refractivity contribution in [2.75, 3.05) is 5.32 Å². The third kappa shape index (κ3) is 3.36. The summed E-state index contributed by atoms with van der Waals surface area (Å²) in [4.78, 5) is 30.3. The quantitative estimate of drug-likeness (QED) is 0.454. The van der Waals surface area contributed by atoms with Crippen LogP contribution >= 0.6 is 0 Å². The van der Waals surface area contributed by atoms with Crippen LogP contribution < -0.4 is 10.9 Å². The monoisotopic (exact) mass is 405 g/mol. The molecule has 1 heterocycles. The predicted molar refractivity (Wildman–Crippen MR) is 124 cm³/mol. The van der Waals surface area contributed by atoms with Crippen LogP contribution in [0.1, 0.15) is 16.2 Å². The maximum atomic E-state index is 13.0. The maximum absolute atomic E-state index is 13.0. The standard InChI is InChI=1S/C26H19N3O2/c1-17-27-24-11-5-4-10-22(24)26(31)29(17)20-15-13-19(14-16-20)25(30)28-23-12-6-8-18-7-2-3-9-21(18)23/h2-16H,1H3,(H,28,30). The Balaban J connectivity index is 1.47. The van der Waals surface area contributed by atoms with E-state index in [1.165, 1.54) is 0 Å². The summed E-state index contributed by atoms with van der Waals surface area (Å²) in [5, 5.41) is 5.60. The van der Waals surface area contributed by atoms with Gasteiger partial charge in [-0.3, -0.25) is 14.2 Å². The molecule has 5 rings (SSSR count). The van der Waals surface area contributed by atoms with Crippen LogP contribution in [0.2, 0.25) is 0 Å². The van der Waals surface area contributed by atoms with Gasteiger partial charge in [-0.15, -0.1) is 0 Å². The van der Waals surface area contributed by atoms with Gasteiger partial charge in [0.25, 0.3) is 11.5 Å². The number of hydrogen-bond donors (Lipinski definition) is 1. The summed E-state index contributed by atoms with van der Waals surface area (Å²) < 4.78 is 1.56. The summed E-state index contributed by atoms with van der Waals surface area (Å²) in [6, 6.07) is 28.0. The van der Waals surface area contributed by atoms with E-state index < -0.39 is 0 Å². The van der Waals surface area contributed by atoms with E-state index in [-0.39, 0.29) is 11.5 Å². The van der Waals surface area contributed by atoms with Crippen LogP contribution in [0.3, 0.4) is 0 Å². The first-order chi connectivity index (χ1) is 15.1. The third-order valence-electron chi connectivity index (χ3n) is 5.37. The van der Waals surface area contributed by atoms with Crippen molar-refractivity contribution in [3.05, 3.63) is 113 Å². The first-order valence-electron chi connectivity index (χ1n) is 10.00. The van der Waals surface area contributed by atoms with Crippen molar-refractivity contribution in [1.29, 1.82) is 0 Å². The highest BCUT2D eigenvalue weighted by atomic mass is 16.1. The highest BCUT2D eigenvalue weighted by molar-refractivity contribution is 6.09. The second kappa shape index (κ2) is 7.54. The number of amides is 1. The largest absolute Gasteiger partial charge is 0.321 e. The number of carbonyl (C=O) groups excluding carboxylic acids is 1. The zero-order chi connectivity index (χ0) is 21.4. The Kier molecular flexibility index (Phi) is 4.56. The lowest BCUT2D eigenvalue weighted by atomic mass is 10.1. The van der Waals surface area contributed by atoms with Gasteiger partial charge in [-0.2, -0.15) is 0 Å². The Bertz CT molecular complexity index is 1500. The van der Waals surface area contributed by atoms with Gasteiger partial charge in [0.15, 0.2) is 0 Å². The van der Waals surface area contributed by atoms with Crippen LogP contribution in [0.15, 0.2) is 95.8 Å². The highest BCUT2D eigenvalue weighted by Crippen LogP contribution is 2.23. The highest BCUT2D eigenvalue weighted by Gasteiger charge is 2.12. The number of para-hydroxylation sites is 1. The molecule has 0 saturated heterocycles. The van der Waals surface area contributed by atoms with E-state index in [9.17, 15) is 9.59 Å². The van der Waals surface area contributed by atoms with Gasteiger partial charge >= 0.3 is 0 Å². The molecule has 0 bridgehead atoms. The molecule has 1 amide bonds. The SMILES string of the molecule is Cc1nc2ccccc2c(=O)n1-c1ccc(C(=O)Nc2cccc3ccccc23)cc1. The fraction of sp³-hybridized carbons (Fsp3) is 0.0385. The van der Waals surface area contributed by atoms with Gasteiger partial charge in [-0.05, 0) is 54.8 Å². The fourth-order valence-electron chi connectivity index (χ4n) is 3.84. The molecule has 0 aliphatic rings. The van der Waals surface area contributed by atoms with Gasteiger partial charge in [0.2, 0.25) is 0 Å². The smallest absolute Gasteiger partial charge is 0.265 e. The zero-order valence-corrected chi connectivity index (χ0v) is 16.9. The lowest BCUT2D eigenvalue weighted by Gasteiger charge is -2.12. The molecule has 0 unspecified atom stereocenters. The van der Waals surface area contributed by atoms with Crippen LogP contribution in [-0.4, -0.2) is 15.5 Å². The molecule has 0 atom stereocenters. The predicted octanol–water partition coefficient (Wildman–Crippen LogP) is 5.10. The number of aryl methyl sites for hydroxylation is 1. The van der Waals surface area contributed by atoms with Gasteiger partial charge in [-0.25, -0.2) is 4.98 Å². The molecule has 5 nitrogen and oxygen atoms in total. The number of fused-ring (bicyclic) bond motifs is 2. The van der Waals surface area contributed by atoms with Crippen molar-refractivity contribution in [1.82, 2.24) is 9.55 Å². The van der Waals surface area contributed by atoms with Crippen molar-refractivity contribution < 1.29 is 4.79 Å². The van der Waals surface area contributed by atoms with Gasteiger partial charge in [-0.1, -0.05) is 48.5 Å². The molecule has 5 heteroatoms. The van der Waals surface area contributed by atoms with Crippen LogP contribution in [0, 0.1) is 6.92 Å². The normalized spacial score (nSPS) is 11.0. The molecule has 31 heavy (non-hydrogen) atoms. The number of aromatic nitrogens is 2. The molecule has 0 aliphatic heterocycles. The van der Waals surface area contributed by atoms with E-state index in [4.69, 9.17) is 0 Å². The summed E-state index contributed by atoms with van der Waals surface area (Å²) in [5.41, 5.74) is 2.49. The van der Waals surface area contributed by atoms with E-state index in [1.807, 2.05) is 60.7 Å². The summed E-state index contributed by atoms with van der Waals surface area (Å²) in [7, 11) is 0. The maximum Gasteiger partial charge on any atom is 0.265 e. The van der Waals surface area contributed by atoms with Crippen molar-refractivity contribution >= 4 is 33.3 Å². The number of rotatable bonds is 3. The molecule has 0 fully saturated rings. The molecule has 1 N–H and O–H groups in total. The van der Waals surface area contributed by atoms with Gasteiger partial charge in [0.1, 0.15) is 5.82 Å². The second-order valence-corrected chi connectivity index (χ2v) is 7.34. The topological polar surface area (TPSA) is 64.0 Å². The third-order valence-corrected chi connectivity index (χ3v) is 5.37. The van der Waals surface area contributed by atoms with E-state index >= 15 is 0 Å². The van der Waals surface area contributed by atoms with Crippen LogP contribution in [0.25, 0.3) is 27.4 Å². The van der Waals surface area contributed by atoms with Gasteiger partial charge in [0, 0.05) is 16.6 Å². The van der Waals surface area contributed by atoms with Crippen LogP contribution in [0.4, 0.5) is 5.69 Å². The minimum absolute atomic E-state index is 0.129. The molecular weight excluding hydrogens is 386 g/mol. The van der Waals surface area contributed by atoms with Crippen LogP contribution in [-0.2, 0) is 0 Å². The number of benzene rings is 4. The molecule has 1 aromatic heterocycles. The summed E-state index contributed by atoms with van der Waals surface area (Å²) in [6.45, 7) is 1.80. The van der Waals surface area contributed by atoms with Crippen molar-refractivity contribution in [2.45, 2.75) is 6.92 Å². The summed E-state index contributed by atoms with van der Waals surface area (Å²) in [5.74, 6) is 0.389. The van der Waals surface area contributed by atoms with Crippen molar-refractivity contribution in [2.24, 2.45) is 0 Å². The molecule has 0 radical (unpaired) electrons. The van der Waals surface area contributed by atoms with E-state index in [0.717, 1.165) is 16.5 Å². The lowest BCUT2D eigenvalue weighted by Crippen LogP contribution is -2.22. The Morgan fingerprint density at radius 3 is 2.29 bits per heavy atom. The molecule has 150 valence electrons. The number of anilines is 1. The van der Waals surface area contributed by atoms with Crippen molar-refractivity contribution in [3.8, 4) is 5.69 Å². The number of nitrogens with one attached hydrogen (secondary N) is 1. The molecule has 0 spiro atoms. The van der Waals surface area contributed by atoms with Crippen LogP contribution in [0.5, 0.6) is 0 Å². The Morgan fingerprint density at radius 2 is 1.48 bits per heavy atom. The van der Waals surface area contributed by atoms with Gasteiger partial charge in [0.05, 0.1) is 16.6 Å². The Morgan fingerprint density at radius 1 is 0.806 bits per heavy atom. The number of carbonyl (C=O) groups is 1. The lowest BCUT2D eigenvalue weighted by molar-refractivity contribution is 0.102. The summed E-state index contributed by atoms with van der Waals surface area (Å²) >= 11 is 0. The molecular formula is C26H19N3O2. The van der Waals surface area contributed by atoms with E-state index in [1.54, 1.807) is 41.8 Å². The first kappa shape index (κ1) is 18.8. The fourth-order valence-corrected chi connectivity index (χ4v) is 3.84. The minimum atomic E-state index is -0.205. The average molecular weight is 405 g/mol. The summed E-state index contributed by atoms with van der Waals surface area (Å²) in [6.07, 6.45) is 0. The molecule has 0 aliphatic carbocycles. The van der Waals surface area contributed by atoms with Crippen molar-refractivity contribution in [3.63, 3.8) is 0 Å². The number of hydrogen-bond acceptors (Lipinski definition) is 3. The Labute approximate surface area is 178 Å². The van der Waals surface area contributed by atoms with E-state index in [0.29, 0.717) is 28.0 Å². The molecule has 4 aromatic carbocycles. The Hall–Kier alpha value is -4.25. The van der Waals surface area contributed by atoms with E-state index in [2.05, 4.69) is 10.3 Å².